The molecule has 0 aromatic heterocycles. The molecule has 1 radical (unpaired) electrons. The molecule has 0 atom stereocenters. The molecule has 0 bridgehead atoms. The van der Waals surface area contributed by atoms with Gasteiger partial charge in [-0.25, -0.2) is 0 Å². The molecule has 0 saturated carbocycles. The SMILES string of the molecule is CC(C)(Br)[CH]CCBr. The van der Waals surface area contributed by atoms with Crippen LogP contribution in [-0.2, 0) is 0 Å². The molecule has 0 amide bonds. The molecule has 49 valence electrons. The molecule has 0 heterocycles. The minimum absolute atomic E-state index is 0.209. The lowest BCUT2D eigenvalue weighted by atomic mass is 10.1. The van der Waals surface area contributed by atoms with Gasteiger partial charge in [-0.3, -0.25) is 0 Å². The third-order valence-corrected chi connectivity index (χ3v) is 1.52. The minimum atomic E-state index is 0.209. The Morgan fingerprint density at radius 1 is 1.50 bits per heavy atom. The van der Waals surface area contributed by atoms with Crippen molar-refractivity contribution in [3.8, 4) is 0 Å². The van der Waals surface area contributed by atoms with E-state index in [1.807, 2.05) is 0 Å². The average molecular weight is 243 g/mol. The van der Waals surface area contributed by atoms with Gasteiger partial charge in [-0.1, -0.05) is 31.9 Å². The van der Waals surface area contributed by atoms with E-state index in [0.717, 1.165) is 11.8 Å². The van der Waals surface area contributed by atoms with E-state index in [9.17, 15) is 0 Å². The lowest BCUT2D eigenvalue weighted by Crippen LogP contribution is -2.09. The monoisotopic (exact) mass is 241 g/mol. The van der Waals surface area contributed by atoms with Gasteiger partial charge in [-0.2, -0.15) is 0 Å². The Morgan fingerprint density at radius 3 is 2.12 bits per heavy atom. The maximum Gasteiger partial charge on any atom is 0.0233 e. The van der Waals surface area contributed by atoms with Gasteiger partial charge in [0.1, 0.15) is 0 Å². The molecular weight excluding hydrogens is 232 g/mol. The Hall–Kier alpha value is 0.960. The van der Waals surface area contributed by atoms with Crippen molar-refractivity contribution >= 4 is 31.9 Å². The molecule has 0 aromatic carbocycles. The van der Waals surface area contributed by atoms with Crippen LogP contribution in [0.1, 0.15) is 20.3 Å². The van der Waals surface area contributed by atoms with Crippen LogP contribution in [-0.4, -0.2) is 9.65 Å². The fourth-order valence-electron chi connectivity index (χ4n) is 0.398. The van der Waals surface area contributed by atoms with Crippen LogP contribution in [0.25, 0.3) is 0 Å². The summed E-state index contributed by atoms with van der Waals surface area (Å²) in [5.74, 6) is 0. The first-order valence-corrected chi connectivity index (χ1v) is 4.57. The Kier molecular flexibility index (Phi) is 4.35. The summed E-state index contributed by atoms with van der Waals surface area (Å²) in [4.78, 5) is 0. The predicted octanol–water partition coefficient (Wildman–Crippen LogP) is 3.15. The normalized spacial score (nSPS) is 12.0. The molecule has 0 aliphatic carbocycles. The van der Waals surface area contributed by atoms with Gasteiger partial charge in [0, 0.05) is 9.65 Å². The maximum absolute atomic E-state index is 3.50. The minimum Gasteiger partial charge on any atom is -0.0928 e. The van der Waals surface area contributed by atoms with E-state index >= 15 is 0 Å². The van der Waals surface area contributed by atoms with Crippen molar-refractivity contribution < 1.29 is 0 Å². The Balaban J connectivity index is 3.11. The lowest BCUT2D eigenvalue weighted by molar-refractivity contribution is 0.801. The van der Waals surface area contributed by atoms with Gasteiger partial charge in [0.05, 0.1) is 0 Å². The second-order valence-corrected chi connectivity index (χ2v) is 5.08. The summed E-state index contributed by atoms with van der Waals surface area (Å²) in [6, 6.07) is 0. The van der Waals surface area contributed by atoms with E-state index in [-0.39, 0.29) is 4.32 Å². The topological polar surface area (TPSA) is 0 Å². The zero-order valence-corrected chi connectivity index (χ0v) is 8.42. The van der Waals surface area contributed by atoms with Crippen molar-refractivity contribution in [2.45, 2.75) is 24.6 Å². The molecule has 0 aliphatic heterocycles. The highest BCUT2D eigenvalue weighted by atomic mass is 79.9. The zero-order valence-electron chi connectivity index (χ0n) is 5.25. The molecule has 8 heavy (non-hydrogen) atoms. The first-order valence-electron chi connectivity index (χ1n) is 2.65. The van der Waals surface area contributed by atoms with Crippen molar-refractivity contribution in [1.29, 1.82) is 0 Å². The van der Waals surface area contributed by atoms with Crippen LogP contribution in [0.5, 0.6) is 0 Å². The summed E-state index contributed by atoms with van der Waals surface area (Å²) in [7, 11) is 0. The second-order valence-electron chi connectivity index (χ2n) is 2.25. The van der Waals surface area contributed by atoms with Crippen LogP contribution >= 0.6 is 31.9 Å². The Labute approximate surface area is 68.3 Å². The van der Waals surface area contributed by atoms with Gasteiger partial charge >= 0.3 is 0 Å². The van der Waals surface area contributed by atoms with Crippen molar-refractivity contribution in [3.63, 3.8) is 0 Å². The standard InChI is InChI=1S/C6H11Br2/c1-6(2,8)4-3-5-7/h4H,3,5H2,1-2H3. The summed E-state index contributed by atoms with van der Waals surface area (Å²) >= 11 is 6.85. The van der Waals surface area contributed by atoms with Crippen LogP contribution in [0.4, 0.5) is 0 Å². The largest absolute Gasteiger partial charge is 0.0928 e. The van der Waals surface area contributed by atoms with E-state index in [1.54, 1.807) is 0 Å². The summed E-state index contributed by atoms with van der Waals surface area (Å²) < 4.78 is 0.209. The number of hydrogen-bond acceptors (Lipinski definition) is 0. The first kappa shape index (κ1) is 8.96. The van der Waals surface area contributed by atoms with E-state index in [2.05, 4.69) is 52.1 Å². The van der Waals surface area contributed by atoms with E-state index in [4.69, 9.17) is 0 Å². The van der Waals surface area contributed by atoms with Crippen LogP contribution in [0.2, 0.25) is 0 Å². The van der Waals surface area contributed by atoms with Crippen LogP contribution in [0, 0.1) is 6.42 Å². The fourth-order valence-corrected chi connectivity index (χ4v) is 0.856. The molecule has 0 fully saturated rings. The van der Waals surface area contributed by atoms with Crippen molar-refractivity contribution in [2.24, 2.45) is 0 Å². The first-order chi connectivity index (χ1) is 3.56. The summed E-state index contributed by atoms with van der Waals surface area (Å²) in [6.07, 6.45) is 3.36. The van der Waals surface area contributed by atoms with Gasteiger partial charge in [-0.15, -0.1) is 0 Å². The number of halogens is 2. The summed E-state index contributed by atoms with van der Waals surface area (Å²) in [5.41, 5.74) is 0. The quantitative estimate of drug-likeness (QED) is 0.668. The van der Waals surface area contributed by atoms with Crippen LogP contribution < -0.4 is 0 Å². The smallest absolute Gasteiger partial charge is 0.0233 e. The number of rotatable bonds is 3. The molecule has 0 rings (SSSR count). The fraction of sp³-hybridized carbons (Fsp3) is 0.833. The second kappa shape index (κ2) is 3.89. The van der Waals surface area contributed by atoms with Gasteiger partial charge in [0.25, 0.3) is 0 Å². The van der Waals surface area contributed by atoms with Crippen LogP contribution in [0.3, 0.4) is 0 Å². The highest BCUT2D eigenvalue weighted by molar-refractivity contribution is 9.10. The Bertz CT molecular complexity index is 54.0. The van der Waals surface area contributed by atoms with Gasteiger partial charge < -0.3 is 0 Å². The van der Waals surface area contributed by atoms with Gasteiger partial charge in [0.2, 0.25) is 0 Å². The van der Waals surface area contributed by atoms with E-state index in [1.165, 1.54) is 0 Å². The Morgan fingerprint density at radius 2 is 2.00 bits per heavy atom. The third-order valence-electron chi connectivity index (χ3n) is 0.739. The molecule has 0 N–H and O–H groups in total. The average Bonchev–Trinajstić information content (AvgIpc) is 1.59. The molecular formula is C6H11Br2. The van der Waals surface area contributed by atoms with Gasteiger partial charge in [0.15, 0.2) is 0 Å². The highest BCUT2D eigenvalue weighted by Crippen LogP contribution is 2.21. The molecule has 0 spiro atoms. The number of hydrogen-bond donors (Lipinski definition) is 0. The molecule has 0 aromatic rings. The lowest BCUT2D eigenvalue weighted by Gasteiger charge is -2.13. The van der Waals surface area contributed by atoms with Gasteiger partial charge in [-0.05, 0) is 26.7 Å². The van der Waals surface area contributed by atoms with E-state index < -0.39 is 0 Å². The van der Waals surface area contributed by atoms with Crippen molar-refractivity contribution in [3.05, 3.63) is 6.42 Å². The molecule has 0 saturated heterocycles. The van der Waals surface area contributed by atoms with E-state index in [0.29, 0.717) is 0 Å². The zero-order chi connectivity index (χ0) is 6.62. The molecule has 2 heteroatoms. The summed E-state index contributed by atoms with van der Waals surface area (Å²) in [5, 5.41) is 1.06. The molecule has 0 unspecified atom stereocenters. The van der Waals surface area contributed by atoms with Crippen molar-refractivity contribution in [1.82, 2.24) is 0 Å². The summed E-state index contributed by atoms with van der Waals surface area (Å²) in [6.45, 7) is 4.27. The number of alkyl halides is 2. The maximum atomic E-state index is 3.50. The van der Waals surface area contributed by atoms with Crippen molar-refractivity contribution in [2.75, 3.05) is 5.33 Å². The molecule has 0 nitrogen and oxygen atoms in total. The molecule has 0 aliphatic rings. The van der Waals surface area contributed by atoms with Crippen LogP contribution in [0.15, 0.2) is 0 Å². The third kappa shape index (κ3) is 6.96. The predicted molar refractivity (Wildman–Crippen MR) is 45.7 cm³/mol. The highest BCUT2D eigenvalue weighted by Gasteiger charge is 2.10.